The fourth-order valence-corrected chi connectivity index (χ4v) is 5.58. The van der Waals surface area contributed by atoms with E-state index in [1.807, 2.05) is 0 Å². The average molecular weight is 436 g/mol. The summed E-state index contributed by atoms with van der Waals surface area (Å²) in [5, 5.41) is 2.44. The van der Waals surface area contributed by atoms with Gasteiger partial charge >= 0.3 is 0 Å². The number of nitrogens with two attached hydrogens (primary N) is 1. The van der Waals surface area contributed by atoms with Crippen LogP contribution in [0.1, 0.15) is 44.9 Å². The number of carbonyl (C=O) groups excluding carboxylic acids is 3. The number of hydrogen-bond donors (Lipinski definition) is 2. The smallest absolute Gasteiger partial charge is 0.284 e. The molecule has 2 fully saturated rings. The van der Waals surface area contributed by atoms with Crippen LogP contribution in [0.2, 0.25) is 0 Å². The Balaban J connectivity index is 1.89. The average Bonchev–Trinajstić information content (AvgIpc) is 3.17. The van der Waals surface area contributed by atoms with Crippen molar-refractivity contribution in [2.75, 3.05) is 6.54 Å². The molecule has 2 heterocycles. The van der Waals surface area contributed by atoms with Crippen molar-refractivity contribution in [3.63, 3.8) is 0 Å². The van der Waals surface area contributed by atoms with Gasteiger partial charge in [0.1, 0.15) is 6.04 Å². The second-order valence-corrected chi connectivity index (χ2v) is 9.55. The number of primary amides is 1. The lowest BCUT2D eigenvalue weighted by atomic mass is 10.0. The zero-order chi connectivity index (χ0) is 21.7. The van der Waals surface area contributed by atoms with Gasteiger partial charge in [-0.25, -0.2) is 9.29 Å². The fourth-order valence-electron chi connectivity index (χ4n) is 4.06. The lowest BCUT2D eigenvalue weighted by Crippen LogP contribution is -2.50. The molecule has 10 heteroatoms. The van der Waals surface area contributed by atoms with Crippen LogP contribution in [-0.2, 0) is 24.4 Å². The number of rotatable bonds is 7. The molecule has 9 nitrogen and oxygen atoms in total. The number of pyridine rings is 1. The summed E-state index contributed by atoms with van der Waals surface area (Å²) in [5.41, 5.74) is 5.33. The van der Waals surface area contributed by atoms with E-state index in [-0.39, 0.29) is 24.4 Å². The van der Waals surface area contributed by atoms with Crippen molar-refractivity contribution in [1.29, 1.82) is 0 Å². The van der Waals surface area contributed by atoms with Crippen molar-refractivity contribution in [3.05, 3.63) is 30.8 Å². The molecular formula is C20H27N4O5S. The molecule has 30 heavy (non-hydrogen) atoms. The molecule has 2 amide bonds. The molecule has 1 aromatic heterocycles. The van der Waals surface area contributed by atoms with Gasteiger partial charge in [-0.1, -0.05) is 31.7 Å². The SMILES string of the molecule is NC(=O)[C@H]1CC[C@H](N(C(=O)[CH]CC2CCCC2)S(=O)(=O)c2ccccn2)C(=O)CN1. The van der Waals surface area contributed by atoms with Gasteiger partial charge in [0, 0.05) is 6.20 Å². The first-order chi connectivity index (χ1) is 14.3. The predicted octanol–water partition coefficient (Wildman–Crippen LogP) is 0.558. The van der Waals surface area contributed by atoms with E-state index < -0.39 is 39.7 Å². The molecule has 1 radical (unpaired) electrons. The Morgan fingerprint density at radius 3 is 2.57 bits per heavy atom. The van der Waals surface area contributed by atoms with E-state index in [0.717, 1.165) is 25.7 Å². The quantitative estimate of drug-likeness (QED) is 0.638. The number of aromatic nitrogens is 1. The van der Waals surface area contributed by atoms with Gasteiger partial charge in [0.05, 0.1) is 19.0 Å². The van der Waals surface area contributed by atoms with Gasteiger partial charge < -0.3 is 5.73 Å². The Morgan fingerprint density at radius 1 is 1.20 bits per heavy atom. The van der Waals surface area contributed by atoms with Crippen molar-refractivity contribution in [1.82, 2.24) is 14.6 Å². The molecule has 0 aromatic carbocycles. The highest BCUT2D eigenvalue weighted by molar-refractivity contribution is 7.89. The van der Waals surface area contributed by atoms with Gasteiger partial charge in [-0.3, -0.25) is 19.7 Å². The van der Waals surface area contributed by atoms with Crippen LogP contribution in [0.3, 0.4) is 0 Å². The van der Waals surface area contributed by atoms with Crippen LogP contribution in [-0.4, -0.2) is 53.9 Å². The van der Waals surface area contributed by atoms with Gasteiger partial charge in [-0.05, 0) is 37.3 Å². The number of amides is 2. The number of Topliss-reactive ketones (excluding diaryl/α,β-unsaturated/α-hetero) is 1. The molecule has 1 saturated heterocycles. The Labute approximate surface area is 176 Å². The second kappa shape index (κ2) is 9.65. The second-order valence-electron chi connectivity index (χ2n) is 7.79. The van der Waals surface area contributed by atoms with Gasteiger partial charge in [-0.2, -0.15) is 8.42 Å². The number of ketones is 1. The third kappa shape index (κ3) is 5.04. The highest BCUT2D eigenvalue weighted by Gasteiger charge is 2.41. The number of sulfonamides is 1. The minimum atomic E-state index is -4.36. The van der Waals surface area contributed by atoms with Crippen LogP contribution >= 0.6 is 0 Å². The summed E-state index contributed by atoms with van der Waals surface area (Å²) >= 11 is 0. The molecule has 163 valence electrons. The molecule has 0 spiro atoms. The number of carbonyl (C=O) groups is 3. The topological polar surface area (TPSA) is 140 Å². The van der Waals surface area contributed by atoms with Gasteiger partial charge in [0.2, 0.25) is 11.8 Å². The van der Waals surface area contributed by atoms with Gasteiger partial charge in [-0.15, -0.1) is 0 Å². The zero-order valence-electron chi connectivity index (χ0n) is 16.7. The van der Waals surface area contributed by atoms with Crippen LogP contribution in [0, 0.1) is 12.3 Å². The predicted molar refractivity (Wildman–Crippen MR) is 108 cm³/mol. The summed E-state index contributed by atoms with van der Waals surface area (Å²) in [6.45, 7) is -0.248. The Morgan fingerprint density at radius 2 is 1.93 bits per heavy atom. The summed E-state index contributed by atoms with van der Waals surface area (Å²) < 4.78 is 27.3. The van der Waals surface area contributed by atoms with Crippen LogP contribution in [0.25, 0.3) is 0 Å². The Kier molecular flexibility index (Phi) is 7.19. The summed E-state index contributed by atoms with van der Waals surface area (Å²) in [4.78, 5) is 41.3. The van der Waals surface area contributed by atoms with E-state index in [1.165, 1.54) is 24.8 Å². The standard InChI is InChI=1S/C20H27N4O5S/c21-20(27)15-9-10-16(17(25)13-23-15)24(19(26)11-8-14-5-1-2-6-14)30(28,29)18-7-3-4-12-22-18/h3-4,7,11-12,14-16,23H,1-2,5-6,8-10,13H2,(H2,21,27)/t15-,16+/m1/s1. The van der Waals surface area contributed by atoms with Gasteiger partial charge in [0.25, 0.3) is 10.0 Å². The molecule has 3 N–H and O–H groups in total. The summed E-state index contributed by atoms with van der Waals surface area (Å²) in [6.07, 6.45) is 7.52. The lowest BCUT2D eigenvalue weighted by molar-refractivity contribution is -0.131. The summed E-state index contributed by atoms with van der Waals surface area (Å²) in [6, 6.07) is 2.38. The lowest BCUT2D eigenvalue weighted by Gasteiger charge is -2.29. The van der Waals surface area contributed by atoms with Crippen LogP contribution in [0.4, 0.5) is 0 Å². The Bertz CT molecular complexity index is 884. The minimum absolute atomic E-state index is 0.00844. The van der Waals surface area contributed by atoms with E-state index >= 15 is 0 Å². The summed E-state index contributed by atoms with van der Waals surface area (Å²) in [7, 11) is -4.36. The van der Waals surface area contributed by atoms with Crippen LogP contribution < -0.4 is 11.1 Å². The number of hydrogen-bond acceptors (Lipinski definition) is 7. The molecule has 1 aliphatic heterocycles. The first-order valence-electron chi connectivity index (χ1n) is 10.2. The fraction of sp³-hybridized carbons (Fsp3) is 0.550. The molecule has 2 atom stereocenters. The maximum Gasteiger partial charge on any atom is 0.284 e. The van der Waals surface area contributed by atoms with E-state index in [4.69, 9.17) is 5.73 Å². The minimum Gasteiger partial charge on any atom is -0.368 e. The third-order valence-electron chi connectivity index (χ3n) is 5.73. The maximum absolute atomic E-state index is 13.3. The molecule has 3 rings (SSSR count). The van der Waals surface area contributed by atoms with E-state index in [0.29, 0.717) is 16.6 Å². The van der Waals surface area contributed by atoms with Crippen molar-refractivity contribution >= 4 is 27.6 Å². The first kappa shape index (κ1) is 22.4. The van der Waals surface area contributed by atoms with Crippen LogP contribution in [0.5, 0.6) is 0 Å². The monoisotopic (exact) mass is 435 g/mol. The van der Waals surface area contributed by atoms with Crippen LogP contribution in [0.15, 0.2) is 29.4 Å². The normalized spacial score (nSPS) is 23.1. The molecular weight excluding hydrogens is 408 g/mol. The molecule has 2 aliphatic rings. The summed E-state index contributed by atoms with van der Waals surface area (Å²) in [5.74, 6) is -1.50. The van der Waals surface area contributed by atoms with Crippen molar-refractivity contribution in [3.8, 4) is 0 Å². The first-order valence-corrected chi connectivity index (χ1v) is 11.6. The van der Waals surface area contributed by atoms with E-state index in [9.17, 15) is 22.8 Å². The highest BCUT2D eigenvalue weighted by Crippen LogP contribution is 2.30. The maximum atomic E-state index is 13.3. The number of nitrogens with one attached hydrogen (secondary N) is 1. The third-order valence-corrected chi connectivity index (χ3v) is 7.45. The largest absolute Gasteiger partial charge is 0.368 e. The molecule has 0 unspecified atom stereocenters. The zero-order valence-corrected chi connectivity index (χ0v) is 17.5. The highest BCUT2D eigenvalue weighted by atomic mass is 32.2. The molecule has 0 bridgehead atoms. The molecule has 1 aromatic rings. The van der Waals surface area contributed by atoms with Crippen molar-refractivity contribution in [2.24, 2.45) is 11.7 Å². The molecule has 1 aliphatic carbocycles. The van der Waals surface area contributed by atoms with Gasteiger partial charge in [0.15, 0.2) is 10.8 Å². The molecule has 1 saturated carbocycles. The number of nitrogens with zero attached hydrogens (tertiary/aromatic N) is 2. The van der Waals surface area contributed by atoms with E-state index in [1.54, 1.807) is 6.07 Å². The Hall–Kier alpha value is -2.33. The van der Waals surface area contributed by atoms with E-state index in [2.05, 4.69) is 10.3 Å². The van der Waals surface area contributed by atoms with Crippen molar-refractivity contribution < 1.29 is 22.8 Å². The van der Waals surface area contributed by atoms with Crippen molar-refractivity contribution in [2.45, 2.75) is 62.1 Å².